The highest BCUT2D eigenvalue weighted by Gasteiger charge is 1.87. The van der Waals surface area contributed by atoms with Crippen LogP contribution < -0.4 is 0 Å². The molecule has 0 amide bonds. The second kappa shape index (κ2) is 5.31. The second-order valence-electron chi connectivity index (χ2n) is 1.15. The van der Waals surface area contributed by atoms with Gasteiger partial charge < -0.3 is 9.63 Å². The Labute approximate surface area is 54.3 Å². The van der Waals surface area contributed by atoms with Gasteiger partial charge in [0.15, 0.2) is 0 Å². The fraction of sp³-hybridized carbons (Fsp3) is 0.500. The van der Waals surface area contributed by atoms with E-state index in [1.165, 1.54) is 6.26 Å². The van der Waals surface area contributed by atoms with E-state index in [1.807, 2.05) is 13.8 Å². The Bertz CT molecular complexity index is 126. The van der Waals surface area contributed by atoms with Gasteiger partial charge in [0.1, 0.15) is 12.0 Å². The van der Waals surface area contributed by atoms with Crippen LogP contribution in [0.5, 0.6) is 0 Å². The van der Waals surface area contributed by atoms with Crippen molar-refractivity contribution in [1.82, 2.24) is 5.16 Å². The molecule has 0 aliphatic rings. The van der Waals surface area contributed by atoms with Crippen molar-refractivity contribution >= 4 is 0 Å². The molecule has 0 radical (unpaired) electrons. The molecule has 9 heavy (non-hydrogen) atoms. The second-order valence-corrected chi connectivity index (χ2v) is 1.15. The first-order valence-electron chi connectivity index (χ1n) is 2.93. The number of rotatable bonds is 1. The molecule has 1 N–H and O–H groups in total. The molecule has 3 heteroatoms. The van der Waals surface area contributed by atoms with Gasteiger partial charge in [-0.25, -0.2) is 0 Å². The van der Waals surface area contributed by atoms with Gasteiger partial charge >= 0.3 is 0 Å². The van der Waals surface area contributed by atoms with Gasteiger partial charge in [0, 0.05) is 6.07 Å². The zero-order valence-electron chi connectivity index (χ0n) is 5.66. The van der Waals surface area contributed by atoms with Gasteiger partial charge in [0.05, 0.1) is 6.61 Å². The summed E-state index contributed by atoms with van der Waals surface area (Å²) >= 11 is 0. The lowest BCUT2D eigenvalue weighted by Crippen LogP contribution is -1.77. The zero-order valence-corrected chi connectivity index (χ0v) is 5.66. The predicted molar refractivity (Wildman–Crippen MR) is 33.8 cm³/mol. The van der Waals surface area contributed by atoms with Crippen LogP contribution in [0.4, 0.5) is 0 Å². The lowest BCUT2D eigenvalue weighted by molar-refractivity contribution is 0.266. The first-order chi connectivity index (χ1) is 4.43. The summed E-state index contributed by atoms with van der Waals surface area (Å²) in [4.78, 5) is 0. The molecule has 52 valence electrons. The van der Waals surface area contributed by atoms with Crippen LogP contribution in [0.15, 0.2) is 16.9 Å². The molecule has 1 rings (SSSR count). The van der Waals surface area contributed by atoms with Crippen molar-refractivity contribution in [1.29, 1.82) is 0 Å². The molecule has 0 saturated carbocycles. The largest absolute Gasteiger partial charge is 0.390 e. The van der Waals surface area contributed by atoms with Crippen LogP contribution in [0, 0.1) is 0 Å². The zero-order chi connectivity index (χ0) is 7.11. The molecule has 0 atom stereocenters. The maximum absolute atomic E-state index is 8.30. The third-order valence-corrected chi connectivity index (χ3v) is 0.653. The van der Waals surface area contributed by atoms with Gasteiger partial charge in [0.25, 0.3) is 0 Å². The van der Waals surface area contributed by atoms with E-state index < -0.39 is 0 Å². The van der Waals surface area contributed by atoms with Crippen molar-refractivity contribution < 1.29 is 9.63 Å². The molecule has 0 aromatic carbocycles. The number of hydrogen-bond donors (Lipinski definition) is 1. The fourth-order valence-electron chi connectivity index (χ4n) is 0.319. The Morgan fingerprint density at radius 3 is 2.56 bits per heavy atom. The van der Waals surface area contributed by atoms with Gasteiger partial charge in [-0.15, -0.1) is 0 Å². The molecule has 1 aromatic rings. The average Bonchev–Trinajstić information content (AvgIpc) is 2.43. The van der Waals surface area contributed by atoms with Crippen LogP contribution in [-0.4, -0.2) is 10.3 Å². The molecule has 1 heterocycles. The number of aliphatic hydroxyl groups excluding tert-OH is 1. The molecule has 0 unspecified atom stereocenters. The maximum atomic E-state index is 8.30. The van der Waals surface area contributed by atoms with E-state index in [4.69, 9.17) is 5.11 Å². The summed E-state index contributed by atoms with van der Waals surface area (Å²) in [6.07, 6.45) is 1.42. The molecular formula is C6H11NO2. The average molecular weight is 129 g/mol. The quantitative estimate of drug-likeness (QED) is 0.619. The lowest BCUT2D eigenvalue weighted by atomic mass is 10.5. The van der Waals surface area contributed by atoms with Crippen LogP contribution in [0.1, 0.15) is 19.5 Å². The number of aliphatic hydroxyl groups is 1. The predicted octanol–water partition coefficient (Wildman–Crippen LogP) is 1.19. The smallest absolute Gasteiger partial charge is 0.124 e. The highest BCUT2D eigenvalue weighted by atomic mass is 16.5. The molecule has 3 nitrogen and oxygen atoms in total. The van der Waals surface area contributed by atoms with Crippen molar-refractivity contribution in [3.63, 3.8) is 0 Å². The van der Waals surface area contributed by atoms with E-state index in [0.717, 1.165) is 0 Å². The fourth-order valence-corrected chi connectivity index (χ4v) is 0.319. The Morgan fingerprint density at radius 2 is 2.33 bits per heavy atom. The molecule has 0 aliphatic carbocycles. The highest BCUT2D eigenvalue weighted by Crippen LogP contribution is 1.90. The van der Waals surface area contributed by atoms with E-state index in [2.05, 4.69) is 9.68 Å². The summed E-state index contributed by atoms with van der Waals surface area (Å²) < 4.78 is 4.40. The third-order valence-electron chi connectivity index (χ3n) is 0.653. The summed E-state index contributed by atoms with van der Waals surface area (Å²) in [7, 11) is 0. The Balaban J connectivity index is 0.000000291. The Morgan fingerprint density at radius 1 is 1.67 bits per heavy atom. The summed E-state index contributed by atoms with van der Waals surface area (Å²) in [6, 6.07) is 1.61. The first kappa shape index (κ1) is 8.17. The summed E-state index contributed by atoms with van der Waals surface area (Å²) in [5.41, 5.74) is 0.569. The van der Waals surface area contributed by atoms with Gasteiger partial charge in [-0.2, -0.15) is 0 Å². The summed E-state index contributed by atoms with van der Waals surface area (Å²) in [6.45, 7) is 3.95. The molecule has 0 spiro atoms. The van der Waals surface area contributed by atoms with Crippen LogP contribution >= 0.6 is 0 Å². The van der Waals surface area contributed by atoms with Crippen LogP contribution in [0.25, 0.3) is 0 Å². The first-order valence-corrected chi connectivity index (χ1v) is 2.93. The van der Waals surface area contributed by atoms with Gasteiger partial charge in [-0.1, -0.05) is 19.0 Å². The van der Waals surface area contributed by atoms with Gasteiger partial charge in [-0.05, 0) is 0 Å². The Kier molecular flexibility index (Phi) is 4.82. The van der Waals surface area contributed by atoms with Crippen molar-refractivity contribution in [3.8, 4) is 0 Å². The molecular weight excluding hydrogens is 118 g/mol. The summed E-state index contributed by atoms with van der Waals surface area (Å²) in [5.74, 6) is 0. The summed E-state index contributed by atoms with van der Waals surface area (Å²) in [5, 5.41) is 11.7. The topological polar surface area (TPSA) is 46.3 Å². The minimum absolute atomic E-state index is 0.0451. The van der Waals surface area contributed by atoms with Gasteiger partial charge in [-0.3, -0.25) is 0 Å². The molecule has 0 bridgehead atoms. The van der Waals surface area contributed by atoms with Gasteiger partial charge in [0.2, 0.25) is 0 Å². The third kappa shape index (κ3) is 2.87. The Hall–Kier alpha value is -0.830. The van der Waals surface area contributed by atoms with Crippen LogP contribution in [0.2, 0.25) is 0 Å². The minimum atomic E-state index is -0.0451. The van der Waals surface area contributed by atoms with Crippen molar-refractivity contribution in [3.05, 3.63) is 18.0 Å². The molecule has 0 aliphatic heterocycles. The van der Waals surface area contributed by atoms with E-state index in [0.29, 0.717) is 5.69 Å². The van der Waals surface area contributed by atoms with E-state index in [-0.39, 0.29) is 6.61 Å². The highest BCUT2D eigenvalue weighted by molar-refractivity contribution is 4.91. The van der Waals surface area contributed by atoms with Crippen LogP contribution in [0.3, 0.4) is 0 Å². The van der Waals surface area contributed by atoms with E-state index >= 15 is 0 Å². The van der Waals surface area contributed by atoms with Crippen molar-refractivity contribution in [2.24, 2.45) is 0 Å². The van der Waals surface area contributed by atoms with E-state index in [1.54, 1.807) is 6.07 Å². The van der Waals surface area contributed by atoms with E-state index in [9.17, 15) is 0 Å². The molecule has 1 aromatic heterocycles. The minimum Gasteiger partial charge on any atom is -0.390 e. The number of nitrogens with zero attached hydrogens (tertiary/aromatic N) is 1. The SMILES string of the molecule is CC.OCc1ccon1. The lowest BCUT2D eigenvalue weighted by Gasteiger charge is -1.75. The maximum Gasteiger partial charge on any atom is 0.124 e. The monoisotopic (exact) mass is 129 g/mol. The van der Waals surface area contributed by atoms with Crippen molar-refractivity contribution in [2.75, 3.05) is 0 Å². The number of hydrogen-bond acceptors (Lipinski definition) is 3. The molecule has 0 fully saturated rings. The number of aromatic nitrogens is 1. The van der Waals surface area contributed by atoms with Crippen molar-refractivity contribution in [2.45, 2.75) is 20.5 Å². The normalized spacial score (nSPS) is 7.89. The van der Waals surface area contributed by atoms with Crippen LogP contribution in [-0.2, 0) is 6.61 Å². The standard InChI is InChI=1S/C4H5NO2.C2H6/c6-3-4-1-2-7-5-4;1-2/h1-2,6H,3H2;1-2H3. The molecule has 0 saturated heterocycles.